The van der Waals surface area contributed by atoms with Crippen LogP contribution in [-0.4, -0.2) is 37.2 Å². The van der Waals surface area contributed by atoms with Crippen LogP contribution in [0.1, 0.15) is 22.9 Å². The van der Waals surface area contributed by atoms with Crippen molar-refractivity contribution in [2.24, 2.45) is 0 Å². The summed E-state index contributed by atoms with van der Waals surface area (Å²) in [4.78, 5) is 25.9. The van der Waals surface area contributed by atoms with Gasteiger partial charge in [0.05, 0.1) is 18.2 Å². The number of carbonyl (C=O) groups is 1. The van der Waals surface area contributed by atoms with Crippen LogP contribution in [-0.2, 0) is 30.4 Å². The van der Waals surface area contributed by atoms with Gasteiger partial charge in [0.15, 0.2) is 10.9 Å². The minimum absolute atomic E-state index is 0.171. The van der Waals surface area contributed by atoms with Crippen molar-refractivity contribution in [3.63, 3.8) is 0 Å². The number of nitrogens with one attached hydrogen (secondary N) is 2. The van der Waals surface area contributed by atoms with Crippen LogP contribution in [0, 0.1) is 0 Å². The van der Waals surface area contributed by atoms with Crippen LogP contribution in [0.4, 0.5) is 24.1 Å². The Morgan fingerprint density at radius 2 is 2.03 bits per heavy atom. The number of fused-ring (bicyclic) bond motifs is 1. The normalized spacial score (nSPS) is 11.6. The maximum atomic E-state index is 12.8. The van der Waals surface area contributed by atoms with E-state index in [4.69, 9.17) is 0 Å². The van der Waals surface area contributed by atoms with Gasteiger partial charge >= 0.3 is 6.18 Å². The lowest BCUT2D eigenvalue weighted by Crippen LogP contribution is -2.15. The van der Waals surface area contributed by atoms with E-state index in [2.05, 4.69) is 30.7 Å². The highest BCUT2D eigenvalue weighted by Gasteiger charge is 2.30. The van der Waals surface area contributed by atoms with Gasteiger partial charge in [0.2, 0.25) is 5.91 Å². The first-order valence-corrected chi connectivity index (χ1v) is 11.0. The summed E-state index contributed by atoms with van der Waals surface area (Å²) in [6, 6.07) is 4.74. The topological polar surface area (TPSA) is 97.6 Å². The standard InChI is InChI=1S/C21H20F3N7OS/c1-2-31-18-16(11-29-31)27-12-28-19(18)25-7-6-15-10-26-20(33-15)30-17(32)9-13-4-3-5-14(8-13)21(22,23)24/h3-5,8,10-12H,2,6-7,9H2,1H3,(H,25,27,28)(H,26,30,32). The molecule has 0 aliphatic rings. The van der Waals surface area contributed by atoms with Crippen molar-refractivity contribution in [1.82, 2.24) is 24.7 Å². The largest absolute Gasteiger partial charge is 0.416 e. The first-order valence-electron chi connectivity index (χ1n) is 10.1. The average Bonchev–Trinajstić information content (AvgIpc) is 3.40. The van der Waals surface area contributed by atoms with Crippen molar-refractivity contribution in [3.8, 4) is 0 Å². The molecule has 0 fully saturated rings. The van der Waals surface area contributed by atoms with E-state index in [1.807, 2.05) is 11.6 Å². The van der Waals surface area contributed by atoms with Gasteiger partial charge in [-0.05, 0) is 18.6 Å². The number of amides is 1. The third-order valence-electron chi connectivity index (χ3n) is 4.81. The first kappa shape index (κ1) is 22.6. The quantitative estimate of drug-likeness (QED) is 0.397. The van der Waals surface area contributed by atoms with Gasteiger partial charge in [-0.1, -0.05) is 18.2 Å². The molecule has 0 saturated heterocycles. The van der Waals surface area contributed by atoms with E-state index in [0.717, 1.165) is 28.0 Å². The summed E-state index contributed by atoms with van der Waals surface area (Å²) in [5.74, 6) is 0.267. The highest BCUT2D eigenvalue weighted by atomic mass is 32.1. The number of alkyl halides is 3. The van der Waals surface area contributed by atoms with Crippen LogP contribution in [0.5, 0.6) is 0 Å². The molecular formula is C21H20F3N7OS. The Bertz CT molecular complexity index is 1270. The highest BCUT2D eigenvalue weighted by molar-refractivity contribution is 7.15. The number of thiazole rings is 1. The number of anilines is 2. The Kier molecular flexibility index (Phi) is 6.54. The van der Waals surface area contributed by atoms with E-state index in [9.17, 15) is 18.0 Å². The molecule has 0 atom stereocenters. The zero-order valence-electron chi connectivity index (χ0n) is 17.6. The lowest BCUT2D eigenvalue weighted by Gasteiger charge is -2.08. The van der Waals surface area contributed by atoms with Crippen LogP contribution >= 0.6 is 11.3 Å². The number of aryl methyl sites for hydroxylation is 1. The third-order valence-corrected chi connectivity index (χ3v) is 5.78. The Balaban J connectivity index is 1.32. The smallest absolute Gasteiger partial charge is 0.368 e. The van der Waals surface area contributed by atoms with Crippen molar-refractivity contribution in [1.29, 1.82) is 0 Å². The number of hydrogen-bond acceptors (Lipinski definition) is 7. The summed E-state index contributed by atoms with van der Waals surface area (Å²) in [5.41, 5.74) is 1.11. The van der Waals surface area contributed by atoms with E-state index in [0.29, 0.717) is 30.5 Å². The van der Waals surface area contributed by atoms with E-state index < -0.39 is 17.6 Å². The lowest BCUT2D eigenvalue weighted by atomic mass is 10.1. The average molecular weight is 476 g/mol. The number of aromatic nitrogens is 5. The van der Waals surface area contributed by atoms with Gasteiger partial charge in [-0.15, -0.1) is 11.3 Å². The molecule has 3 aromatic heterocycles. The van der Waals surface area contributed by atoms with Crippen molar-refractivity contribution in [3.05, 3.63) is 59.0 Å². The van der Waals surface area contributed by atoms with Crippen LogP contribution in [0.15, 0.2) is 43.0 Å². The summed E-state index contributed by atoms with van der Waals surface area (Å²) in [6.07, 6.45) is 0.874. The van der Waals surface area contributed by atoms with E-state index in [-0.39, 0.29) is 12.0 Å². The van der Waals surface area contributed by atoms with Crippen molar-refractivity contribution in [2.75, 3.05) is 17.2 Å². The minimum atomic E-state index is -4.45. The molecule has 8 nitrogen and oxygen atoms in total. The zero-order chi connectivity index (χ0) is 23.4. The van der Waals surface area contributed by atoms with Crippen LogP contribution in [0.2, 0.25) is 0 Å². The Morgan fingerprint density at radius 3 is 2.82 bits per heavy atom. The molecule has 1 aromatic carbocycles. The lowest BCUT2D eigenvalue weighted by molar-refractivity contribution is -0.137. The molecule has 2 N–H and O–H groups in total. The predicted octanol–water partition coefficient (Wildman–Crippen LogP) is 4.16. The molecule has 4 rings (SSSR count). The fraction of sp³-hybridized carbons (Fsp3) is 0.286. The van der Waals surface area contributed by atoms with Gasteiger partial charge in [0, 0.05) is 30.6 Å². The fourth-order valence-corrected chi connectivity index (χ4v) is 4.11. The minimum Gasteiger partial charge on any atom is -0.368 e. The third kappa shape index (κ3) is 5.45. The Labute approximate surface area is 190 Å². The summed E-state index contributed by atoms with van der Waals surface area (Å²) in [6.45, 7) is 3.27. The maximum absolute atomic E-state index is 12.8. The molecule has 12 heteroatoms. The van der Waals surface area contributed by atoms with Crippen LogP contribution in [0.25, 0.3) is 11.0 Å². The number of halogens is 3. The summed E-state index contributed by atoms with van der Waals surface area (Å²) >= 11 is 1.31. The van der Waals surface area contributed by atoms with Crippen molar-refractivity contribution >= 4 is 39.2 Å². The van der Waals surface area contributed by atoms with Crippen LogP contribution in [0.3, 0.4) is 0 Å². The number of benzene rings is 1. The van der Waals surface area contributed by atoms with Gasteiger partial charge in [-0.3, -0.25) is 9.48 Å². The predicted molar refractivity (Wildman–Crippen MR) is 119 cm³/mol. The van der Waals surface area contributed by atoms with Gasteiger partial charge in [-0.2, -0.15) is 18.3 Å². The Morgan fingerprint density at radius 1 is 1.18 bits per heavy atom. The fourth-order valence-electron chi connectivity index (χ4n) is 3.28. The molecule has 0 aliphatic carbocycles. The molecule has 0 aliphatic heterocycles. The van der Waals surface area contributed by atoms with Gasteiger partial charge in [0.25, 0.3) is 0 Å². The van der Waals surface area contributed by atoms with E-state index >= 15 is 0 Å². The van der Waals surface area contributed by atoms with Crippen molar-refractivity contribution in [2.45, 2.75) is 32.5 Å². The summed E-state index contributed by atoms with van der Waals surface area (Å²) in [7, 11) is 0. The molecule has 0 saturated carbocycles. The van der Waals surface area contributed by atoms with Gasteiger partial charge in [-0.25, -0.2) is 15.0 Å². The van der Waals surface area contributed by atoms with Gasteiger partial charge in [0.1, 0.15) is 17.4 Å². The second-order valence-corrected chi connectivity index (χ2v) is 8.26. The summed E-state index contributed by atoms with van der Waals surface area (Å²) < 4.78 is 40.3. The van der Waals surface area contributed by atoms with Gasteiger partial charge < -0.3 is 10.6 Å². The molecule has 0 spiro atoms. The number of hydrogen-bond donors (Lipinski definition) is 2. The Hall–Kier alpha value is -3.54. The highest BCUT2D eigenvalue weighted by Crippen LogP contribution is 2.29. The number of nitrogens with zero attached hydrogens (tertiary/aromatic N) is 5. The van der Waals surface area contributed by atoms with E-state index in [1.165, 1.54) is 29.8 Å². The zero-order valence-corrected chi connectivity index (χ0v) is 18.4. The monoisotopic (exact) mass is 475 g/mol. The molecule has 1 amide bonds. The van der Waals surface area contributed by atoms with Crippen molar-refractivity contribution < 1.29 is 18.0 Å². The SMILES string of the molecule is CCn1ncc2ncnc(NCCc3cnc(NC(=O)Cc4cccc(C(F)(F)F)c4)s3)c21. The maximum Gasteiger partial charge on any atom is 0.416 e. The molecule has 0 radical (unpaired) electrons. The first-order chi connectivity index (χ1) is 15.8. The molecule has 33 heavy (non-hydrogen) atoms. The second-order valence-electron chi connectivity index (χ2n) is 7.15. The van der Waals surface area contributed by atoms with E-state index in [1.54, 1.807) is 12.4 Å². The second kappa shape index (κ2) is 9.53. The molecular weight excluding hydrogens is 455 g/mol. The number of carbonyl (C=O) groups excluding carboxylic acids is 1. The van der Waals surface area contributed by atoms with Crippen LogP contribution < -0.4 is 10.6 Å². The molecule has 0 unspecified atom stereocenters. The number of rotatable bonds is 8. The molecule has 3 heterocycles. The molecule has 0 bridgehead atoms. The molecule has 4 aromatic rings. The summed E-state index contributed by atoms with van der Waals surface area (Å²) in [5, 5.41) is 10.6. The molecule has 172 valence electrons.